The Hall–Kier alpha value is -0.750. The zero-order valence-corrected chi connectivity index (χ0v) is 11.5. The van der Waals surface area contributed by atoms with Gasteiger partial charge in [0, 0.05) is 24.8 Å². The summed E-state index contributed by atoms with van der Waals surface area (Å²) in [7, 11) is 0. The van der Waals surface area contributed by atoms with Crippen LogP contribution in [0.1, 0.15) is 33.6 Å². The molecule has 17 heavy (non-hydrogen) atoms. The molecule has 2 unspecified atom stereocenters. The molecule has 2 atom stereocenters. The van der Waals surface area contributed by atoms with Gasteiger partial charge in [0.05, 0.1) is 0 Å². The molecule has 2 amide bonds. The summed E-state index contributed by atoms with van der Waals surface area (Å²) in [5.74, 6) is -0.294. The van der Waals surface area contributed by atoms with Gasteiger partial charge in [0.25, 0.3) is 0 Å². The minimum absolute atomic E-state index is 0.0102. The summed E-state index contributed by atoms with van der Waals surface area (Å²) in [4.78, 5) is 22.8. The maximum absolute atomic E-state index is 11.9. The SMILES string of the molecule is CCC(C)(CCO)NC(=O)C(CS)NC(C)=O. The molecule has 0 fully saturated rings. The van der Waals surface area contributed by atoms with Crippen molar-refractivity contribution in [3.63, 3.8) is 0 Å². The predicted molar refractivity (Wildman–Crippen MR) is 70.0 cm³/mol. The van der Waals surface area contributed by atoms with Gasteiger partial charge in [-0.2, -0.15) is 12.6 Å². The van der Waals surface area contributed by atoms with E-state index in [1.165, 1.54) is 6.92 Å². The highest BCUT2D eigenvalue weighted by Gasteiger charge is 2.27. The summed E-state index contributed by atoms with van der Waals surface area (Å²) in [5, 5.41) is 14.3. The second kappa shape index (κ2) is 7.55. The average Bonchev–Trinajstić information content (AvgIpc) is 2.25. The van der Waals surface area contributed by atoms with E-state index >= 15 is 0 Å². The molecule has 0 saturated carbocycles. The maximum Gasteiger partial charge on any atom is 0.243 e. The largest absolute Gasteiger partial charge is 0.396 e. The molecule has 0 radical (unpaired) electrons. The first-order valence-corrected chi connectivity index (χ1v) is 6.32. The van der Waals surface area contributed by atoms with Crippen LogP contribution in [0.2, 0.25) is 0 Å². The number of carbonyl (C=O) groups is 2. The van der Waals surface area contributed by atoms with Gasteiger partial charge in [-0.3, -0.25) is 9.59 Å². The Bertz CT molecular complexity index is 273. The number of amides is 2. The van der Waals surface area contributed by atoms with Gasteiger partial charge in [-0.15, -0.1) is 0 Å². The minimum atomic E-state index is -0.639. The quantitative estimate of drug-likeness (QED) is 0.491. The van der Waals surface area contributed by atoms with Gasteiger partial charge >= 0.3 is 0 Å². The molecule has 0 bridgehead atoms. The van der Waals surface area contributed by atoms with Crippen LogP contribution < -0.4 is 10.6 Å². The lowest BCUT2D eigenvalue weighted by molar-refractivity contribution is -0.128. The Kier molecular flexibility index (Phi) is 7.22. The van der Waals surface area contributed by atoms with Crippen LogP contribution >= 0.6 is 12.6 Å². The maximum atomic E-state index is 11.9. The molecular weight excluding hydrogens is 240 g/mol. The van der Waals surface area contributed by atoms with Crippen molar-refractivity contribution in [1.82, 2.24) is 10.6 Å². The Labute approximate surface area is 108 Å². The highest BCUT2D eigenvalue weighted by molar-refractivity contribution is 7.80. The molecular formula is C11H22N2O3S. The van der Waals surface area contributed by atoms with E-state index in [-0.39, 0.29) is 24.2 Å². The van der Waals surface area contributed by atoms with Crippen LogP contribution in [0.15, 0.2) is 0 Å². The second-order valence-corrected chi connectivity index (χ2v) is 4.68. The standard InChI is InChI=1S/C11H22N2O3S/c1-4-11(3,5-6-14)13-10(16)9(7-17)12-8(2)15/h9,14,17H,4-7H2,1-3H3,(H,12,15)(H,13,16). The molecule has 0 aromatic carbocycles. The topological polar surface area (TPSA) is 78.4 Å². The number of aliphatic hydroxyl groups is 1. The third-order valence-electron chi connectivity index (χ3n) is 2.75. The number of hydrogen-bond donors (Lipinski definition) is 4. The van der Waals surface area contributed by atoms with Crippen LogP contribution in [-0.4, -0.2) is 40.9 Å². The van der Waals surface area contributed by atoms with E-state index in [9.17, 15) is 9.59 Å². The van der Waals surface area contributed by atoms with Crippen molar-refractivity contribution >= 4 is 24.4 Å². The van der Waals surface area contributed by atoms with Gasteiger partial charge in [0.15, 0.2) is 0 Å². The first kappa shape index (κ1) is 16.2. The number of carbonyl (C=O) groups excluding carboxylic acids is 2. The summed E-state index contributed by atoms with van der Waals surface area (Å²) in [5.41, 5.74) is -0.453. The summed E-state index contributed by atoms with van der Waals surface area (Å²) in [6, 6.07) is -0.639. The predicted octanol–water partition coefficient (Wildman–Crippen LogP) is 0.0882. The van der Waals surface area contributed by atoms with Crippen molar-refractivity contribution in [1.29, 1.82) is 0 Å². The monoisotopic (exact) mass is 262 g/mol. The smallest absolute Gasteiger partial charge is 0.243 e. The lowest BCUT2D eigenvalue weighted by atomic mass is 9.94. The Morgan fingerprint density at radius 2 is 2.06 bits per heavy atom. The van der Waals surface area contributed by atoms with E-state index in [0.717, 1.165) is 0 Å². The molecule has 0 aliphatic rings. The summed E-state index contributed by atoms with van der Waals surface area (Å²) < 4.78 is 0. The van der Waals surface area contributed by atoms with Crippen molar-refractivity contribution in [2.24, 2.45) is 0 Å². The first-order chi connectivity index (χ1) is 7.88. The van der Waals surface area contributed by atoms with E-state index in [0.29, 0.717) is 12.8 Å². The Balaban J connectivity index is 4.52. The fraction of sp³-hybridized carbons (Fsp3) is 0.818. The molecule has 6 heteroatoms. The van der Waals surface area contributed by atoms with E-state index < -0.39 is 11.6 Å². The van der Waals surface area contributed by atoms with Crippen LogP contribution in [0.5, 0.6) is 0 Å². The third-order valence-corrected chi connectivity index (χ3v) is 3.11. The van der Waals surface area contributed by atoms with Crippen LogP contribution in [0.3, 0.4) is 0 Å². The van der Waals surface area contributed by atoms with Crippen molar-refractivity contribution < 1.29 is 14.7 Å². The van der Waals surface area contributed by atoms with E-state index in [2.05, 4.69) is 23.3 Å². The summed E-state index contributed by atoms with van der Waals surface area (Å²) in [6.07, 6.45) is 1.19. The normalized spacial score (nSPS) is 15.8. The van der Waals surface area contributed by atoms with Crippen LogP contribution in [0.25, 0.3) is 0 Å². The van der Waals surface area contributed by atoms with Gasteiger partial charge in [0.2, 0.25) is 11.8 Å². The fourth-order valence-corrected chi connectivity index (χ4v) is 1.66. The zero-order valence-electron chi connectivity index (χ0n) is 10.6. The minimum Gasteiger partial charge on any atom is -0.396 e. The molecule has 0 spiro atoms. The highest BCUT2D eigenvalue weighted by Crippen LogP contribution is 2.14. The number of thiol groups is 1. The average molecular weight is 262 g/mol. The molecule has 100 valence electrons. The van der Waals surface area contributed by atoms with Crippen molar-refractivity contribution in [2.75, 3.05) is 12.4 Å². The van der Waals surface area contributed by atoms with Gasteiger partial charge in [-0.1, -0.05) is 6.92 Å². The van der Waals surface area contributed by atoms with E-state index in [1.54, 1.807) is 0 Å². The number of nitrogens with one attached hydrogen (secondary N) is 2. The van der Waals surface area contributed by atoms with Crippen LogP contribution in [0, 0.1) is 0 Å². The molecule has 0 aliphatic carbocycles. The fourth-order valence-electron chi connectivity index (χ4n) is 1.40. The van der Waals surface area contributed by atoms with Crippen LogP contribution in [0.4, 0.5) is 0 Å². The Morgan fingerprint density at radius 1 is 1.47 bits per heavy atom. The molecule has 5 nitrogen and oxygen atoms in total. The van der Waals surface area contributed by atoms with Gasteiger partial charge in [-0.25, -0.2) is 0 Å². The highest BCUT2D eigenvalue weighted by atomic mass is 32.1. The number of rotatable bonds is 7. The number of hydrogen-bond acceptors (Lipinski definition) is 4. The molecule has 0 saturated heterocycles. The molecule has 0 aromatic heterocycles. The summed E-state index contributed by atoms with van der Waals surface area (Å²) >= 11 is 4.04. The third kappa shape index (κ3) is 5.93. The van der Waals surface area contributed by atoms with Crippen LogP contribution in [-0.2, 0) is 9.59 Å². The Morgan fingerprint density at radius 3 is 2.41 bits per heavy atom. The molecule has 0 aliphatic heterocycles. The van der Waals surface area contributed by atoms with Crippen molar-refractivity contribution in [3.05, 3.63) is 0 Å². The van der Waals surface area contributed by atoms with Gasteiger partial charge in [-0.05, 0) is 19.8 Å². The lowest BCUT2D eigenvalue weighted by Gasteiger charge is -2.31. The second-order valence-electron chi connectivity index (χ2n) is 4.31. The van der Waals surface area contributed by atoms with Gasteiger partial charge in [0.1, 0.15) is 6.04 Å². The van der Waals surface area contributed by atoms with E-state index in [4.69, 9.17) is 5.11 Å². The van der Waals surface area contributed by atoms with Gasteiger partial charge < -0.3 is 15.7 Å². The zero-order chi connectivity index (χ0) is 13.5. The van der Waals surface area contributed by atoms with Crippen molar-refractivity contribution in [3.8, 4) is 0 Å². The molecule has 0 heterocycles. The lowest BCUT2D eigenvalue weighted by Crippen LogP contribution is -2.55. The molecule has 0 aromatic rings. The first-order valence-electron chi connectivity index (χ1n) is 5.69. The van der Waals surface area contributed by atoms with Crippen molar-refractivity contribution in [2.45, 2.75) is 45.2 Å². The number of aliphatic hydroxyl groups excluding tert-OH is 1. The molecule has 3 N–H and O–H groups in total. The summed E-state index contributed by atoms with van der Waals surface area (Å²) in [6.45, 7) is 5.17. The van der Waals surface area contributed by atoms with E-state index in [1.807, 2.05) is 13.8 Å². The molecule has 0 rings (SSSR count).